The van der Waals surface area contributed by atoms with E-state index in [9.17, 15) is 18.0 Å². The summed E-state index contributed by atoms with van der Waals surface area (Å²) in [5.74, 6) is 0.0476. The van der Waals surface area contributed by atoms with Gasteiger partial charge in [0.1, 0.15) is 0 Å². The van der Waals surface area contributed by atoms with E-state index in [1.54, 1.807) is 28.0 Å². The number of benzene rings is 1. The number of anilines is 2. The standard InChI is InChI=1S/C17H23ClN4O4S/c1-27(25,26)20-13-4-2-8-21(11-13)17(24)19-12-6-7-15(14(18)10-12)22-9-3-5-16(22)23/h6-7,10,13,20H,2-5,8-9,11H2,1H3,(H,19,24). The lowest BCUT2D eigenvalue weighted by molar-refractivity contribution is -0.117. The second-order valence-electron chi connectivity index (χ2n) is 6.92. The number of rotatable bonds is 4. The Hall–Kier alpha value is -1.84. The monoisotopic (exact) mass is 414 g/mol. The molecule has 0 aromatic heterocycles. The molecule has 2 fully saturated rings. The van der Waals surface area contributed by atoms with Gasteiger partial charge < -0.3 is 15.1 Å². The third-order valence-corrected chi connectivity index (χ3v) is 5.72. The van der Waals surface area contributed by atoms with E-state index >= 15 is 0 Å². The van der Waals surface area contributed by atoms with Gasteiger partial charge in [-0.15, -0.1) is 0 Å². The van der Waals surface area contributed by atoms with Crippen LogP contribution in [0.15, 0.2) is 18.2 Å². The summed E-state index contributed by atoms with van der Waals surface area (Å²) in [6.45, 7) is 1.52. The van der Waals surface area contributed by atoms with E-state index in [2.05, 4.69) is 10.0 Å². The average Bonchev–Trinajstić information content (AvgIpc) is 2.99. The van der Waals surface area contributed by atoms with Crippen molar-refractivity contribution in [1.29, 1.82) is 0 Å². The fourth-order valence-corrected chi connectivity index (χ4v) is 4.55. The first kappa shape index (κ1) is 19.9. The van der Waals surface area contributed by atoms with Crippen molar-refractivity contribution in [2.75, 3.05) is 36.1 Å². The van der Waals surface area contributed by atoms with Crippen LogP contribution in [-0.2, 0) is 14.8 Å². The van der Waals surface area contributed by atoms with Gasteiger partial charge >= 0.3 is 6.03 Å². The maximum atomic E-state index is 12.5. The van der Waals surface area contributed by atoms with E-state index in [0.29, 0.717) is 48.9 Å². The lowest BCUT2D eigenvalue weighted by Gasteiger charge is -2.32. The zero-order valence-corrected chi connectivity index (χ0v) is 16.6. The number of carbonyl (C=O) groups excluding carboxylic acids is 2. The van der Waals surface area contributed by atoms with Crippen LogP contribution < -0.4 is 14.9 Å². The van der Waals surface area contributed by atoms with Gasteiger partial charge in [0.2, 0.25) is 15.9 Å². The number of halogens is 1. The van der Waals surface area contributed by atoms with E-state index in [1.807, 2.05) is 0 Å². The van der Waals surface area contributed by atoms with Crippen LogP contribution in [0.1, 0.15) is 25.7 Å². The Bertz CT molecular complexity index is 845. The van der Waals surface area contributed by atoms with Gasteiger partial charge in [-0.1, -0.05) is 11.6 Å². The summed E-state index contributed by atoms with van der Waals surface area (Å²) in [4.78, 5) is 27.6. The second-order valence-corrected chi connectivity index (χ2v) is 9.11. The minimum Gasteiger partial charge on any atom is -0.323 e. The summed E-state index contributed by atoms with van der Waals surface area (Å²) in [5, 5.41) is 3.19. The van der Waals surface area contributed by atoms with Crippen molar-refractivity contribution in [3.8, 4) is 0 Å². The van der Waals surface area contributed by atoms with E-state index in [0.717, 1.165) is 19.1 Å². The van der Waals surface area contributed by atoms with Crippen LogP contribution in [0.4, 0.5) is 16.2 Å². The Morgan fingerprint density at radius 2 is 2.04 bits per heavy atom. The van der Waals surface area contributed by atoms with Crippen molar-refractivity contribution in [1.82, 2.24) is 9.62 Å². The molecule has 1 aromatic carbocycles. The van der Waals surface area contributed by atoms with E-state index in [-0.39, 0.29) is 18.0 Å². The molecule has 2 aliphatic rings. The molecule has 2 saturated heterocycles. The second kappa shape index (κ2) is 8.04. The molecule has 0 radical (unpaired) electrons. The summed E-state index contributed by atoms with van der Waals surface area (Å²) >= 11 is 6.30. The third-order valence-electron chi connectivity index (χ3n) is 4.65. The van der Waals surface area contributed by atoms with Crippen LogP contribution >= 0.6 is 11.6 Å². The summed E-state index contributed by atoms with van der Waals surface area (Å²) in [6.07, 6.45) is 3.86. The molecule has 3 amide bonds. The summed E-state index contributed by atoms with van der Waals surface area (Å²) in [7, 11) is -3.31. The Balaban J connectivity index is 1.63. The Morgan fingerprint density at radius 3 is 2.67 bits per heavy atom. The number of likely N-dealkylation sites (tertiary alicyclic amines) is 1. The van der Waals surface area contributed by atoms with Crippen LogP contribution in [0.25, 0.3) is 0 Å². The van der Waals surface area contributed by atoms with Crippen molar-refractivity contribution in [2.45, 2.75) is 31.7 Å². The quantitative estimate of drug-likeness (QED) is 0.787. The van der Waals surface area contributed by atoms with Gasteiger partial charge in [-0.05, 0) is 37.5 Å². The average molecular weight is 415 g/mol. The maximum Gasteiger partial charge on any atom is 0.321 e. The molecular formula is C17H23ClN4O4S. The molecule has 0 saturated carbocycles. The number of nitrogens with one attached hydrogen (secondary N) is 2. The molecular weight excluding hydrogens is 392 g/mol. The van der Waals surface area contributed by atoms with Crippen molar-refractivity contribution in [3.63, 3.8) is 0 Å². The number of nitrogens with zero attached hydrogens (tertiary/aromatic N) is 2. The highest BCUT2D eigenvalue weighted by Gasteiger charge is 2.26. The van der Waals surface area contributed by atoms with Gasteiger partial charge in [0.25, 0.3) is 0 Å². The predicted molar refractivity (Wildman–Crippen MR) is 105 cm³/mol. The number of hydrogen-bond donors (Lipinski definition) is 2. The van der Waals surface area contributed by atoms with Gasteiger partial charge in [-0.2, -0.15) is 0 Å². The largest absolute Gasteiger partial charge is 0.323 e. The molecule has 1 atom stereocenters. The highest BCUT2D eigenvalue weighted by Crippen LogP contribution is 2.31. The molecule has 0 spiro atoms. The van der Waals surface area contributed by atoms with Crippen molar-refractivity contribution >= 4 is 44.9 Å². The number of carbonyl (C=O) groups is 2. The van der Waals surface area contributed by atoms with Gasteiger partial charge in [0.15, 0.2) is 0 Å². The van der Waals surface area contributed by atoms with Crippen molar-refractivity contribution in [3.05, 3.63) is 23.2 Å². The molecule has 3 rings (SSSR count). The number of piperidine rings is 1. The Morgan fingerprint density at radius 1 is 1.26 bits per heavy atom. The first-order valence-corrected chi connectivity index (χ1v) is 11.1. The minimum atomic E-state index is -3.31. The molecule has 2 N–H and O–H groups in total. The van der Waals surface area contributed by atoms with Crippen LogP contribution in [0.3, 0.4) is 0 Å². The smallest absolute Gasteiger partial charge is 0.321 e. The van der Waals surface area contributed by atoms with Crippen LogP contribution in [0.2, 0.25) is 5.02 Å². The molecule has 0 aliphatic carbocycles. The van der Waals surface area contributed by atoms with Gasteiger partial charge in [0, 0.05) is 37.8 Å². The highest BCUT2D eigenvalue weighted by molar-refractivity contribution is 7.88. The zero-order valence-electron chi connectivity index (χ0n) is 15.1. The minimum absolute atomic E-state index is 0.0476. The fourth-order valence-electron chi connectivity index (χ4n) is 3.47. The first-order chi connectivity index (χ1) is 12.7. The highest BCUT2D eigenvalue weighted by atomic mass is 35.5. The Labute approximate surface area is 163 Å². The fraction of sp³-hybridized carbons (Fsp3) is 0.529. The molecule has 2 aliphatic heterocycles. The lowest BCUT2D eigenvalue weighted by Crippen LogP contribution is -2.50. The molecule has 0 bridgehead atoms. The zero-order chi connectivity index (χ0) is 19.6. The summed E-state index contributed by atoms with van der Waals surface area (Å²) < 4.78 is 25.3. The number of amides is 3. The van der Waals surface area contributed by atoms with E-state index in [4.69, 9.17) is 11.6 Å². The molecule has 2 heterocycles. The van der Waals surface area contributed by atoms with Crippen molar-refractivity contribution < 1.29 is 18.0 Å². The number of hydrogen-bond acceptors (Lipinski definition) is 4. The van der Waals surface area contributed by atoms with Gasteiger partial charge in [-0.25, -0.2) is 17.9 Å². The van der Waals surface area contributed by atoms with Gasteiger partial charge in [0.05, 0.1) is 17.0 Å². The topological polar surface area (TPSA) is 98.8 Å². The molecule has 8 nitrogen and oxygen atoms in total. The predicted octanol–water partition coefficient (Wildman–Crippen LogP) is 2.01. The van der Waals surface area contributed by atoms with Crippen LogP contribution in [0.5, 0.6) is 0 Å². The Kier molecular flexibility index (Phi) is 5.92. The molecule has 10 heteroatoms. The number of urea groups is 1. The summed E-state index contributed by atoms with van der Waals surface area (Å²) in [6, 6.07) is 4.46. The van der Waals surface area contributed by atoms with Crippen LogP contribution in [-0.4, -0.2) is 57.2 Å². The first-order valence-electron chi connectivity index (χ1n) is 8.86. The van der Waals surface area contributed by atoms with Gasteiger partial charge in [-0.3, -0.25) is 4.79 Å². The van der Waals surface area contributed by atoms with Crippen LogP contribution in [0, 0.1) is 0 Å². The van der Waals surface area contributed by atoms with E-state index < -0.39 is 10.0 Å². The maximum absolute atomic E-state index is 12.5. The molecule has 1 unspecified atom stereocenters. The third kappa shape index (κ3) is 5.12. The summed E-state index contributed by atoms with van der Waals surface area (Å²) in [5.41, 5.74) is 1.17. The van der Waals surface area contributed by atoms with E-state index in [1.165, 1.54) is 0 Å². The SMILES string of the molecule is CS(=O)(=O)NC1CCCN(C(=O)Nc2ccc(N3CCCC3=O)c(Cl)c2)C1. The lowest BCUT2D eigenvalue weighted by atomic mass is 10.1. The number of sulfonamides is 1. The molecule has 27 heavy (non-hydrogen) atoms. The molecule has 1 aromatic rings. The normalized spacial score (nSPS) is 20.8. The van der Waals surface area contributed by atoms with Crippen molar-refractivity contribution in [2.24, 2.45) is 0 Å². The molecule has 148 valence electrons.